The molecule has 1 heterocycles. The molecule has 2 rings (SSSR count). The summed E-state index contributed by atoms with van der Waals surface area (Å²) in [5, 5.41) is 3.39. The highest BCUT2D eigenvalue weighted by atomic mass is 16.3. The van der Waals surface area contributed by atoms with E-state index in [0.29, 0.717) is 6.04 Å². The lowest BCUT2D eigenvalue weighted by Gasteiger charge is -2.24. The van der Waals surface area contributed by atoms with E-state index in [9.17, 15) is 0 Å². The van der Waals surface area contributed by atoms with Crippen LogP contribution in [-0.4, -0.2) is 7.05 Å². The number of likely N-dealkylation sites (N-methyl/N-ethyl adjacent to an activating group) is 1. The maximum Gasteiger partial charge on any atom is 0.0950 e. The van der Waals surface area contributed by atoms with Crippen LogP contribution in [0.2, 0.25) is 0 Å². The lowest BCUT2D eigenvalue weighted by atomic mass is 9.82. The van der Waals surface area contributed by atoms with Crippen LogP contribution >= 0.6 is 0 Å². The average Bonchev–Trinajstić information content (AvgIpc) is 2.90. The van der Waals surface area contributed by atoms with Gasteiger partial charge in [0.15, 0.2) is 0 Å². The first-order chi connectivity index (χ1) is 9.82. The third-order valence-corrected chi connectivity index (χ3v) is 4.26. The van der Waals surface area contributed by atoms with E-state index in [1.165, 1.54) is 27.8 Å². The number of hydrogen-bond acceptors (Lipinski definition) is 2. The molecule has 0 fully saturated rings. The molecule has 2 nitrogen and oxygen atoms in total. The molecular formula is C19H27NO. The molecule has 0 radical (unpaired) electrons. The molecule has 0 aliphatic heterocycles. The molecule has 0 spiro atoms. The fraction of sp³-hybridized carbons (Fsp3) is 0.474. The van der Waals surface area contributed by atoms with Gasteiger partial charge in [-0.05, 0) is 61.1 Å². The smallest absolute Gasteiger partial charge is 0.0950 e. The van der Waals surface area contributed by atoms with Crippen molar-refractivity contribution in [3.63, 3.8) is 0 Å². The zero-order chi connectivity index (χ0) is 15.6. The minimum absolute atomic E-state index is 0.195. The Hall–Kier alpha value is -1.54. The van der Waals surface area contributed by atoms with E-state index in [1.807, 2.05) is 19.4 Å². The standard InChI is InChI=1S/C19H27NO/c1-13-9-16(19(3,4)5)10-14(2)17(13)11-18(20-6)15-7-8-21-12-15/h7-10,12,18,20H,11H2,1-6H3. The third-order valence-electron chi connectivity index (χ3n) is 4.26. The lowest BCUT2D eigenvalue weighted by molar-refractivity contribution is 0.541. The summed E-state index contributed by atoms with van der Waals surface area (Å²) < 4.78 is 5.22. The summed E-state index contributed by atoms with van der Waals surface area (Å²) in [5.41, 5.74) is 7.00. The van der Waals surface area contributed by atoms with Gasteiger partial charge in [0, 0.05) is 11.6 Å². The maximum absolute atomic E-state index is 5.22. The molecule has 1 aromatic heterocycles. The highest BCUT2D eigenvalue weighted by Gasteiger charge is 2.18. The van der Waals surface area contributed by atoms with Gasteiger partial charge in [-0.2, -0.15) is 0 Å². The summed E-state index contributed by atoms with van der Waals surface area (Å²) in [6.07, 6.45) is 4.55. The van der Waals surface area contributed by atoms with Gasteiger partial charge in [0.2, 0.25) is 0 Å². The van der Waals surface area contributed by atoms with Gasteiger partial charge in [-0.15, -0.1) is 0 Å². The van der Waals surface area contributed by atoms with Crippen LogP contribution in [0, 0.1) is 13.8 Å². The third kappa shape index (κ3) is 3.56. The molecule has 2 heteroatoms. The van der Waals surface area contributed by atoms with Crippen LogP contribution in [0.4, 0.5) is 0 Å². The molecule has 0 amide bonds. The van der Waals surface area contributed by atoms with E-state index >= 15 is 0 Å². The minimum Gasteiger partial charge on any atom is -0.472 e. The molecular weight excluding hydrogens is 258 g/mol. The van der Waals surface area contributed by atoms with Gasteiger partial charge in [0.1, 0.15) is 0 Å². The van der Waals surface area contributed by atoms with Crippen molar-refractivity contribution in [1.29, 1.82) is 0 Å². The molecule has 0 bridgehead atoms. The number of nitrogens with one attached hydrogen (secondary N) is 1. The summed E-state index contributed by atoms with van der Waals surface area (Å²) in [4.78, 5) is 0. The normalized spacial score (nSPS) is 13.4. The number of benzene rings is 1. The van der Waals surface area contributed by atoms with Gasteiger partial charge < -0.3 is 9.73 Å². The molecule has 0 saturated carbocycles. The largest absolute Gasteiger partial charge is 0.472 e. The molecule has 1 N–H and O–H groups in total. The summed E-state index contributed by atoms with van der Waals surface area (Å²) in [5.74, 6) is 0. The van der Waals surface area contributed by atoms with Crippen LogP contribution in [0.5, 0.6) is 0 Å². The predicted molar refractivity (Wildman–Crippen MR) is 88.8 cm³/mol. The number of hydrogen-bond donors (Lipinski definition) is 1. The zero-order valence-corrected chi connectivity index (χ0v) is 14.1. The van der Waals surface area contributed by atoms with E-state index in [1.54, 1.807) is 6.26 Å². The van der Waals surface area contributed by atoms with Crippen LogP contribution in [0.15, 0.2) is 35.1 Å². The molecule has 0 saturated heterocycles. The first-order valence-electron chi connectivity index (χ1n) is 7.63. The van der Waals surface area contributed by atoms with Gasteiger partial charge in [-0.3, -0.25) is 0 Å². The van der Waals surface area contributed by atoms with E-state index in [-0.39, 0.29) is 5.41 Å². The lowest BCUT2D eigenvalue weighted by Crippen LogP contribution is -2.20. The Balaban J connectivity index is 2.32. The number of rotatable bonds is 4. The second kappa shape index (κ2) is 6.07. The quantitative estimate of drug-likeness (QED) is 0.881. The van der Waals surface area contributed by atoms with Crippen LogP contribution in [0.1, 0.15) is 54.6 Å². The molecule has 114 valence electrons. The predicted octanol–water partition coefficient (Wildman–Crippen LogP) is 4.70. The Morgan fingerprint density at radius 1 is 1.14 bits per heavy atom. The van der Waals surface area contributed by atoms with Crippen molar-refractivity contribution in [2.24, 2.45) is 0 Å². The van der Waals surface area contributed by atoms with Gasteiger partial charge in [-0.1, -0.05) is 32.9 Å². The first kappa shape index (κ1) is 15.8. The van der Waals surface area contributed by atoms with Crippen molar-refractivity contribution in [3.8, 4) is 0 Å². The number of furan rings is 1. The highest BCUT2D eigenvalue weighted by molar-refractivity contribution is 5.41. The topological polar surface area (TPSA) is 25.2 Å². The van der Waals surface area contributed by atoms with Gasteiger partial charge in [0.05, 0.1) is 12.5 Å². The van der Waals surface area contributed by atoms with Crippen molar-refractivity contribution in [1.82, 2.24) is 5.32 Å². The Labute approximate surface area is 128 Å². The second-order valence-electron chi connectivity index (χ2n) is 6.94. The molecule has 1 unspecified atom stereocenters. The van der Waals surface area contributed by atoms with Gasteiger partial charge in [0.25, 0.3) is 0 Å². The summed E-state index contributed by atoms with van der Waals surface area (Å²) in [7, 11) is 2.01. The maximum atomic E-state index is 5.22. The van der Waals surface area contributed by atoms with Crippen molar-refractivity contribution >= 4 is 0 Å². The van der Waals surface area contributed by atoms with Crippen LogP contribution in [0.25, 0.3) is 0 Å². The van der Waals surface area contributed by atoms with Crippen molar-refractivity contribution in [3.05, 3.63) is 58.5 Å². The average molecular weight is 285 g/mol. The first-order valence-corrected chi connectivity index (χ1v) is 7.63. The fourth-order valence-electron chi connectivity index (χ4n) is 2.81. The van der Waals surface area contributed by atoms with Gasteiger partial charge in [-0.25, -0.2) is 0 Å². The monoisotopic (exact) mass is 285 g/mol. The van der Waals surface area contributed by atoms with Crippen molar-refractivity contribution in [2.75, 3.05) is 7.05 Å². The highest BCUT2D eigenvalue weighted by Crippen LogP contribution is 2.29. The molecule has 1 atom stereocenters. The van der Waals surface area contributed by atoms with E-state index in [2.05, 4.69) is 52.1 Å². The zero-order valence-electron chi connectivity index (χ0n) is 14.1. The van der Waals surface area contributed by atoms with E-state index < -0.39 is 0 Å². The summed E-state index contributed by atoms with van der Waals surface area (Å²) in [6.45, 7) is 11.2. The Bertz CT molecular complexity index is 568. The molecule has 0 aliphatic carbocycles. The van der Waals surface area contributed by atoms with Crippen LogP contribution in [-0.2, 0) is 11.8 Å². The van der Waals surface area contributed by atoms with Gasteiger partial charge >= 0.3 is 0 Å². The Morgan fingerprint density at radius 2 is 1.76 bits per heavy atom. The molecule has 21 heavy (non-hydrogen) atoms. The SMILES string of the molecule is CNC(Cc1c(C)cc(C(C)(C)C)cc1C)c1ccoc1. The Morgan fingerprint density at radius 3 is 2.19 bits per heavy atom. The van der Waals surface area contributed by atoms with E-state index in [0.717, 1.165) is 6.42 Å². The summed E-state index contributed by atoms with van der Waals surface area (Å²) >= 11 is 0. The molecule has 1 aromatic carbocycles. The second-order valence-corrected chi connectivity index (χ2v) is 6.94. The van der Waals surface area contributed by atoms with E-state index in [4.69, 9.17) is 4.42 Å². The van der Waals surface area contributed by atoms with Crippen molar-refractivity contribution < 1.29 is 4.42 Å². The summed E-state index contributed by atoms with van der Waals surface area (Å²) in [6, 6.07) is 7.01. The fourth-order valence-corrected chi connectivity index (χ4v) is 2.81. The molecule has 2 aromatic rings. The number of aryl methyl sites for hydroxylation is 2. The van der Waals surface area contributed by atoms with Crippen LogP contribution < -0.4 is 5.32 Å². The van der Waals surface area contributed by atoms with Crippen molar-refractivity contribution in [2.45, 2.75) is 52.5 Å². The minimum atomic E-state index is 0.195. The van der Waals surface area contributed by atoms with Crippen LogP contribution in [0.3, 0.4) is 0 Å². The molecule has 0 aliphatic rings. The Kier molecular flexibility index (Phi) is 4.58.